The molecule has 52 valence electrons. The van der Waals surface area contributed by atoms with Gasteiger partial charge in [0.25, 0.3) is 0 Å². The Bertz CT molecular complexity index is 82.2. The fourth-order valence-electron chi connectivity index (χ4n) is 0.0781. The Morgan fingerprint density at radius 3 is 2.00 bits per heavy atom. The predicted octanol–water partition coefficient (Wildman–Crippen LogP) is -0.677. The molecule has 3 nitrogen and oxygen atoms in total. The minimum absolute atomic E-state index is 0. The van der Waals surface area contributed by atoms with Gasteiger partial charge in [0, 0.05) is 42.9 Å². The van der Waals surface area contributed by atoms with Crippen molar-refractivity contribution in [1.29, 1.82) is 0 Å². The summed E-state index contributed by atoms with van der Waals surface area (Å²) in [4.78, 5) is 9.76. The van der Waals surface area contributed by atoms with E-state index in [1.807, 2.05) is 0 Å². The maximum absolute atomic E-state index is 9.76. The molecule has 2 radical (unpaired) electrons. The monoisotopic (exact) mass is 223 g/mol. The molecule has 0 aliphatic carbocycles. The number of nitrogens with two attached hydrogens (primary N) is 1. The summed E-state index contributed by atoms with van der Waals surface area (Å²) < 4.78 is 0. The van der Waals surface area contributed by atoms with Crippen LogP contribution in [0.2, 0.25) is 0 Å². The Labute approximate surface area is 82.9 Å². The SMILES string of the molecule is N[C@@H](CS)C(=O)O.[V].[V]. The van der Waals surface area contributed by atoms with Crippen molar-refractivity contribution >= 4 is 18.6 Å². The number of hydrogen-bond donors (Lipinski definition) is 3. The first-order valence-corrected chi connectivity index (χ1v) is 2.41. The molecule has 0 aromatic heterocycles. The summed E-state index contributed by atoms with van der Waals surface area (Å²) in [7, 11) is 0. The van der Waals surface area contributed by atoms with Crippen LogP contribution in [0, 0.1) is 0 Å². The van der Waals surface area contributed by atoms with Gasteiger partial charge in [-0.1, -0.05) is 0 Å². The first-order valence-electron chi connectivity index (χ1n) is 1.77. The molecule has 0 saturated carbocycles. The van der Waals surface area contributed by atoms with Crippen molar-refractivity contribution in [3.63, 3.8) is 0 Å². The quantitative estimate of drug-likeness (QED) is 0.543. The first-order chi connectivity index (χ1) is 3.18. The summed E-state index contributed by atoms with van der Waals surface area (Å²) in [5.74, 6) is -0.815. The Balaban J connectivity index is -0.000000180. The molecule has 0 unspecified atom stereocenters. The summed E-state index contributed by atoms with van der Waals surface area (Å²) in [5, 5.41) is 8.01. The zero-order valence-corrected chi connectivity index (χ0v) is 8.25. The second-order valence-corrected chi connectivity index (χ2v) is 1.49. The van der Waals surface area contributed by atoms with Gasteiger partial charge in [-0.05, 0) is 0 Å². The molecule has 0 amide bonds. The summed E-state index contributed by atoms with van der Waals surface area (Å²) in [6.07, 6.45) is 0. The van der Waals surface area contributed by atoms with E-state index in [0.717, 1.165) is 0 Å². The Kier molecular flexibility index (Phi) is 16.4. The van der Waals surface area contributed by atoms with Gasteiger partial charge in [-0.25, -0.2) is 0 Å². The van der Waals surface area contributed by atoms with Gasteiger partial charge in [-0.3, -0.25) is 4.79 Å². The van der Waals surface area contributed by atoms with Crippen LogP contribution in [0.5, 0.6) is 0 Å². The van der Waals surface area contributed by atoms with Gasteiger partial charge < -0.3 is 10.8 Å². The van der Waals surface area contributed by atoms with Crippen molar-refractivity contribution in [3.05, 3.63) is 0 Å². The predicted molar refractivity (Wildman–Crippen MR) is 29.5 cm³/mol. The second-order valence-electron chi connectivity index (χ2n) is 1.13. The van der Waals surface area contributed by atoms with Gasteiger partial charge >= 0.3 is 5.97 Å². The van der Waals surface area contributed by atoms with Crippen molar-refractivity contribution in [2.45, 2.75) is 6.04 Å². The standard InChI is InChI=1S/C3H7NO2S.2V/c4-2(1-7)3(5)6;;/h2,7H,1,4H2,(H,5,6);;/t2-;;/m0../s1. The van der Waals surface area contributed by atoms with E-state index in [-0.39, 0.29) is 42.9 Å². The van der Waals surface area contributed by atoms with Crippen LogP contribution >= 0.6 is 12.6 Å². The van der Waals surface area contributed by atoms with Crippen LogP contribution < -0.4 is 5.73 Å². The number of carboxylic acid groups (broad SMARTS) is 1. The van der Waals surface area contributed by atoms with E-state index in [2.05, 4.69) is 12.6 Å². The molecule has 3 N–H and O–H groups in total. The molecule has 9 heavy (non-hydrogen) atoms. The normalized spacial score (nSPS) is 10.4. The minimum atomic E-state index is -1.00. The third-order valence-electron chi connectivity index (χ3n) is 0.514. The molecular formula is C3H7NO2SV2. The van der Waals surface area contributed by atoms with Crippen LogP contribution in [0.4, 0.5) is 0 Å². The van der Waals surface area contributed by atoms with Crippen molar-refractivity contribution in [3.8, 4) is 0 Å². The summed E-state index contributed by atoms with van der Waals surface area (Å²) in [6, 6.07) is -0.816. The third-order valence-corrected chi connectivity index (χ3v) is 0.907. The summed E-state index contributed by atoms with van der Waals surface area (Å²) >= 11 is 3.65. The molecule has 0 spiro atoms. The van der Waals surface area contributed by atoms with Gasteiger partial charge in [-0.15, -0.1) is 0 Å². The van der Waals surface area contributed by atoms with E-state index in [9.17, 15) is 4.79 Å². The van der Waals surface area contributed by atoms with Crippen molar-refractivity contribution in [2.24, 2.45) is 5.73 Å². The molecule has 6 heteroatoms. The summed E-state index contributed by atoms with van der Waals surface area (Å²) in [6.45, 7) is 0. The van der Waals surface area contributed by atoms with Crippen LogP contribution in [-0.4, -0.2) is 22.9 Å². The van der Waals surface area contributed by atoms with Crippen molar-refractivity contribution in [1.82, 2.24) is 0 Å². The van der Waals surface area contributed by atoms with E-state index >= 15 is 0 Å². The van der Waals surface area contributed by atoms with E-state index in [0.29, 0.717) is 0 Å². The number of hydrogen-bond acceptors (Lipinski definition) is 3. The molecule has 0 aromatic rings. The largest absolute Gasteiger partial charge is 0.480 e. The number of carbonyl (C=O) groups is 1. The van der Waals surface area contributed by atoms with E-state index < -0.39 is 12.0 Å². The number of aliphatic carboxylic acids is 1. The fraction of sp³-hybridized carbons (Fsp3) is 0.667. The zero-order valence-electron chi connectivity index (χ0n) is 4.56. The Hall–Kier alpha value is 0.949. The topological polar surface area (TPSA) is 63.3 Å². The smallest absolute Gasteiger partial charge is 0.321 e. The number of thiol groups is 1. The molecule has 0 fully saturated rings. The fourth-order valence-corrected chi connectivity index (χ4v) is 0.234. The Morgan fingerprint density at radius 2 is 2.00 bits per heavy atom. The van der Waals surface area contributed by atoms with E-state index in [1.54, 1.807) is 0 Å². The van der Waals surface area contributed by atoms with Gasteiger partial charge in [0.1, 0.15) is 6.04 Å². The molecule has 0 aliphatic rings. The van der Waals surface area contributed by atoms with Crippen LogP contribution in [0.1, 0.15) is 0 Å². The Morgan fingerprint density at radius 1 is 1.67 bits per heavy atom. The zero-order chi connectivity index (χ0) is 5.86. The summed E-state index contributed by atoms with van der Waals surface area (Å²) in [5.41, 5.74) is 4.94. The van der Waals surface area contributed by atoms with Crippen LogP contribution in [0.3, 0.4) is 0 Å². The molecule has 0 aromatic carbocycles. The molecule has 0 saturated heterocycles. The van der Waals surface area contributed by atoms with Crippen LogP contribution in [0.15, 0.2) is 0 Å². The van der Waals surface area contributed by atoms with Gasteiger partial charge in [0.2, 0.25) is 0 Å². The first kappa shape index (κ1) is 16.5. The van der Waals surface area contributed by atoms with E-state index in [1.165, 1.54) is 0 Å². The van der Waals surface area contributed by atoms with Crippen LogP contribution in [-0.2, 0) is 41.9 Å². The maximum Gasteiger partial charge on any atom is 0.321 e. The number of rotatable bonds is 2. The van der Waals surface area contributed by atoms with Crippen molar-refractivity contribution < 1.29 is 47.0 Å². The molecular weight excluding hydrogens is 216 g/mol. The average Bonchev–Trinajstić information content (AvgIpc) is 1.65. The molecule has 0 rings (SSSR count). The van der Waals surface area contributed by atoms with Gasteiger partial charge in [0.15, 0.2) is 0 Å². The molecule has 0 heterocycles. The minimum Gasteiger partial charge on any atom is -0.480 e. The van der Waals surface area contributed by atoms with Gasteiger partial charge in [0.05, 0.1) is 0 Å². The number of carboxylic acids is 1. The molecule has 0 aliphatic heterocycles. The average molecular weight is 223 g/mol. The van der Waals surface area contributed by atoms with Crippen LogP contribution in [0.25, 0.3) is 0 Å². The third kappa shape index (κ3) is 8.95. The maximum atomic E-state index is 9.76. The van der Waals surface area contributed by atoms with E-state index in [4.69, 9.17) is 10.8 Å². The van der Waals surface area contributed by atoms with Crippen molar-refractivity contribution in [2.75, 3.05) is 5.75 Å². The van der Waals surface area contributed by atoms with Gasteiger partial charge in [-0.2, -0.15) is 12.6 Å². The molecule has 0 bridgehead atoms. The molecule has 1 atom stereocenters. The second kappa shape index (κ2) is 8.95.